The van der Waals surface area contributed by atoms with E-state index in [1.807, 2.05) is 24.3 Å². The SMILES string of the molecule is CCc1ccc(NC(=O)[C@@H](C)c2nc(CC(=O)O)cs2)cc1. The van der Waals surface area contributed by atoms with Crippen molar-refractivity contribution >= 4 is 28.9 Å². The zero-order chi connectivity index (χ0) is 16.1. The lowest BCUT2D eigenvalue weighted by atomic mass is 10.1. The lowest BCUT2D eigenvalue weighted by Gasteiger charge is -2.10. The molecule has 2 rings (SSSR count). The Morgan fingerprint density at radius 3 is 2.59 bits per heavy atom. The Hall–Kier alpha value is -2.21. The minimum absolute atomic E-state index is 0.122. The Bertz CT molecular complexity index is 664. The number of carbonyl (C=O) groups excluding carboxylic acids is 1. The van der Waals surface area contributed by atoms with Crippen LogP contribution in [-0.4, -0.2) is 22.0 Å². The zero-order valence-electron chi connectivity index (χ0n) is 12.5. The Morgan fingerprint density at radius 1 is 1.32 bits per heavy atom. The van der Waals surface area contributed by atoms with Crippen LogP contribution in [0.2, 0.25) is 0 Å². The second-order valence-corrected chi connectivity index (χ2v) is 5.90. The number of benzene rings is 1. The van der Waals surface area contributed by atoms with E-state index in [9.17, 15) is 9.59 Å². The Labute approximate surface area is 133 Å². The molecule has 2 N–H and O–H groups in total. The second kappa shape index (κ2) is 7.17. The first kappa shape index (κ1) is 16.2. The number of aliphatic carboxylic acids is 1. The Morgan fingerprint density at radius 2 is 2.00 bits per heavy atom. The molecular weight excluding hydrogens is 300 g/mol. The third kappa shape index (κ3) is 4.14. The number of nitrogens with zero attached hydrogens (tertiary/aromatic N) is 1. The third-order valence-corrected chi connectivity index (χ3v) is 4.37. The molecule has 0 aliphatic heterocycles. The average molecular weight is 318 g/mol. The number of thiazole rings is 1. The molecule has 2 aromatic rings. The van der Waals surface area contributed by atoms with E-state index in [0.717, 1.165) is 12.1 Å². The van der Waals surface area contributed by atoms with Crippen LogP contribution < -0.4 is 5.32 Å². The molecular formula is C16H18N2O3S. The largest absolute Gasteiger partial charge is 0.481 e. The molecule has 0 fully saturated rings. The molecule has 0 bridgehead atoms. The fourth-order valence-corrected chi connectivity index (χ4v) is 2.82. The minimum atomic E-state index is -0.926. The number of aryl methyl sites for hydroxylation is 1. The highest BCUT2D eigenvalue weighted by Crippen LogP contribution is 2.22. The number of anilines is 1. The van der Waals surface area contributed by atoms with Crippen LogP contribution in [-0.2, 0) is 22.4 Å². The maximum Gasteiger partial charge on any atom is 0.309 e. The predicted octanol–water partition coefficient (Wildman–Crippen LogP) is 3.07. The molecule has 6 heteroatoms. The first-order valence-corrected chi connectivity index (χ1v) is 7.93. The Balaban J connectivity index is 2.01. The molecule has 1 amide bonds. The monoisotopic (exact) mass is 318 g/mol. The molecule has 1 heterocycles. The number of aromatic nitrogens is 1. The van der Waals surface area contributed by atoms with Gasteiger partial charge in [-0.2, -0.15) is 0 Å². The van der Waals surface area contributed by atoms with Gasteiger partial charge in [0.25, 0.3) is 0 Å². The van der Waals surface area contributed by atoms with Crippen LogP contribution in [0, 0.1) is 0 Å². The van der Waals surface area contributed by atoms with Gasteiger partial charge >= 0.3 is 5.97 Å². The zero-order valence-corrected chi connectivity index (χ0v) is 13.3. The van der Waals surface area contributed by atoms with Gasteiger partial charge in [0.1, 0.15) is 5.01 Å². The standard InChI is InChI=1S/C16H18N2O3S/c1-3-11-4-6-12(7-5-11)17-15(21)10(2)16-18-13(9-22-16)8-14(19)20/h4-7,9-10H,3,8H2,1-2H3,(H,17,21)(H,19,20)/t10-/m1/s1. The summed E-state index contributed by atoms with van der Waals surface area (Å²) in [5.41, 5.74) is 2.44. The van der Waals surface area contributed by atoms with E-state index < -0.39 is 11.9 Å². The highest BCUT2D eigenvalue weighted by molar-refractivity contribution is 7.09. The number of hydrogen-bond donors (Lipinski definition) is 2. The normalized spacial score (nSPS) is 11.9. The topological polar surface area (TPSA) is 79.3 Å². The van der Waals surface area contributed by atoms with Crippen LogP contribution in [0.3, 0.4) is 0 Å². The molecule has 0 saturated heterocycles. The summed E-state index contributed by atoms with van der Waals surface area (Å²) >= 11 is 1.31. The summed E-state index contributed by atoms with van der Waals surface area (Å²) in [4.78, 5) is 27.1. The van der Waals surface area contributed by atoms with Crippen LogP contribution in [0.5, 0.6) is 0 Å². The van der Waals surface area contributed by atoms with Crippen LogP contribution in [0.1, 0.15) is 36.0 Å². The summed E-state index contributed by atoms with van der Waals surface area (Å²) < 4.78 is 0. The molecule has 1 aromatic heterocycles. The number of rotatable bonds is 6. The number of amides is 1. The molecule has 116 valence electrons. The first-order valence-electron chi connectivity index (χ1n) is 7.05. The van der Waals surface area contributed by atoms with E-state index in [-0.39, 0.29) is 12.3 Å². The van der Waals surface area contributed by atoms with Gasteiger partial charge in [0, 0.05) is 11.1 Å². The molecule has 1 atom stereocenters. The highest BCUT2D eigenvalue weighted by atomic mass is 32.1. The molecule has 0 saturated carbocycles. The lowest BCUT2D eigenvalue weighted by molar-refractivity contribution is -0.136. The highest BCUT2D eigenvalue weighted by Gasteiger charge is 2.19. The Kier molecular flexibility index (Phi) is 5.27. The summed E-state index contributed by atoms with van der Waals surface area (Å²) in [5, 5.41) is 13.9. The fraction of sp³-hybridized carbons (Fsp3) is 0.312. The molecule has 0 aliphatic rings. The number of hydrogen-bond acceptors (Lipinski definition) is 4. The molecule has 1 aromatic carbocycles. The summed E-state index contributed by atoms with van der Waals surface area (Å²) in [6.07, 6.45) is 0.833. The maximum absolute atomic E-state index is 12.2. The predicted molar refractivity (Wildman–Crippen MR) is 86.3 cm³/mol. The summed E-state index contributed by atoms with van der Waals surface area (Å²) in [6, 6.07) is 7.71. The van der Waals surface area contributed by atoms with Crippen LogP contribution in [0.4, 0.5) is 5.69 Å². The van der Waals surface area contributed by atoms with Crippen molar-refractivity contribution < 1.29 is 14.7 Å². The van der Waals surface area contributed by atoms with Crippen molar-refractivity contribution in [3.63, 3.8) is 0 Å². The van der Waals surface area contributed by atoms with Crippen molar-refractivity contribution in [1.29, 1.82) is 0 Å². The van der Waals surface area contributed by atoms with Gasteiger partial charge in [-0.25, -0.2) is 4.98 Å². The molecule has 22 heavy (non-hydrogen) atoms. The van der Waals surface area contributed by atoms with Crippen LogP contribution in [0.15, 0.2) is 29.6 Å². The number of carboxylic acid groups (broad SMARTS) is 1. The van der Waals surface area contributed by atoms with Gasteiger partial charge in [-0.05, 0) is 31.0 Å². The average Bonchev–Trinajstić information content (AvgIpc) is 2.94. The van der Waals surface area contributed by atoms with Crippen LogP contribution >= 0.6 is 11.3 Å². The maximum atomic E-state index is 12.2. The van der Waals surface area contributed by atoms with E-state index in [2.05, 4.69) is 17.2 Å². The fourth-order valence-electron chi connectivity index (χ4n) is 1.94. The molecule has 0 radical (unpaired) electrons. The number of carboxylic acids is 1. The van der Waals surface area contributed by atoms with E-state index in [1.165, 1.54) is 16.9 Å². The second-order valence-electron chi connectivity index (χ2n) is 5.01. The molecule has 0 unspecified atom stereocenters. The number of nitrogens with one attached hydrogen (secondary N) is 1. The van der Waals surface area contributed by atoms with Crippen molar-refractivity contribution in [2.24, 2.45) is 0 Å². The quantitative estimate of drug-likeness (QED) is 0.858. The van der Waals surface area contributed by atoms with E-state index in [1.54, 1.807) is 12.3 Å². The van der Waals surface area contributed by atoms with Gasteiger partial charge in [0.2, 0.25) is 5.91 Å². The van der Waals surface area contributed by atoms with Gasteiger partial charge in [0.05, 0.1) is 18.0 Å². The van der Waals surface area contributed by atoms with E-state index >= 15 is 0 Å². The minimum Gasteiger partial charge on any atom is -0.481 e. The summed E-state index contributed by atoms with van der Waals surface area (Å²) in [6.45, 7) is 3.84. The van der Waals surface area contributed by atoms with Gasteiger partial charge in [-0.3, -0.25) is 9.59 Å². The molecule has 0 spiro atoms. The van der Waals surface area contributed by atoms with Crippen molar-refractivity contribution in [2.75, 3.05) is 5.32 Å². The lowest BCUT2D eigenvalue weighted by Crippen LogP contribution is -2.18. The molecule has 0 aliphatic carbocycles. The smallest absolute Gasteiger partial charge is 0.309 e. The summed E-state index contributed by atoms with van der Waals surface area (Å²) in [5.74, 6) is -1.50. The van der Waals surface area contributed by atoms with E-state index in [4.69, 9.17) is 5.11 Å². The van der Waals surface area contributed by atoms with Gasteiger partial charge in [-0.15, -0.1) is 11.3 Å². The van der Waals surface area contributed by atoms with Gasteiger partial charge < -0.3 is 10.4 Å². The van der Waals surface area contributed by atoms with Crippen LogP contribution in [0.25, 0.3) is 0 Å². The molecule has 5 nitrogen and oxygen atoms in total. The van der Waals surface area contributed by atoms with Crippen molar-refractivity contribution in [1.82, 2.24) is 4.98 Å². The van der Waals surface area contributed by atoms with Crippen molar-refractivity contribution in [3.8, 4) is 0 Å². The first-order chi connectivity index (χ1) is 10.5. The summed E-state index contributed by atoms with van der Waals surface area (Å²) in [7, 11) is 0. The van der Waals surface area contributed by atoms with Crippen molar-refractivity contribution in [3.05, 3.63) is 45.9 Å². The van der Waals surface area contributed by atoms with Gasteiger partial charge in [0.15, 0.2) is 0 Å². The van der Waals surface area contributed by atoms with E-state index in [0.29, 0.717) is 10.7 Å². The van der Waals surface area contributed by atoms with Crippen molar-refractivity contribution in [2.45, 2.75) is 32.6 Å². The number of carbonyl (C=O) groups is 2. The third-order valence-electron chi connectivity index (χ3n) is 3.30. The van der Waals surface area contributed by atoms with Gasteiger partial charge in [-0.1, -0.05) is 19.1 Å².